The Kier molecular flexibility index (Phi) is 6.32. The molecular weight excluding hydrogens is 350 g/mol. The molecule has 144 valence electrons. The largest absolute Gasteiger partial charge is 0.342 e. The molecule has 0 bridgehead atoms. The summed E-state index contributed by atoms with van der Waals surface area (Å²) in [5.41, 5.74) is 7.15. The SMILES string of the molecule is NC[C@@H]1CN(C(=O)CCCS(=O)(=O)N2CCCC2)C[C@H]1c1ccccc1. The van der Waals surface area contributed by atoms with Crippen molar-refractivity contribution in [2.75, 3.05) is 38.5 Å². The van der Waals surface area contributed by atoms with Crippen LogP contribution in [-0.2, 0) is 14.8 Å². The molecule has 0 radical (unpaired) electrons. The first-order valence-electron chi connectivity index (χ1n) is 9.52. The minimum atomic E-state index is -3.21. The van der Waals surface area contributed by atoms with Crippen LogP contribution in [0.15, 0.2) is 30.3 Å². The molecule has 26 heavy (non-hydrogen) atoms. The number of hydrogen-bond acceptors (Lipinski definition) is 4. The highest BCUT2D eigenvalue weighted by molar-refractivity contribution is 7.89. The second-order valence-corrected chi connectivity index (χ2v) is 9.43. The third-order valence-corrected chi connectivity index (χ3v) is 7.53. The lowest BCUT2D eigenvalue weighted by atomic mass is 9.89. The topological polar surface area (TPSA) is 83.7 Å². The Morgan fingerprint density at radius 3 is 2.46 bits per heavy atom. The number of carbonyl (C=O) groups is 1. The summed E-state index contributed by atoms with van der Waals surface area (Å²) in [6.07, 6.45) is 2.55. The van der Waals surface area contributed by atoms with E-state index in [0.29, 0.717) is 39.1 Å². The fourth-order valence-electron chi connectivity index (χ4n) is 4.05. The van der Waals surface area contributed by atoms with Gasteiger partial charge in [0.25, 0.3) is 0 Å². The summed E-state index contributed by atoms with van der Waals surface area (Å²) in [5, 5.41) is 0. The third-order valence-electron chi connectivity index (χ3n) is 5.58. The maximum atomic E-state index is 12.6. The van der Waals surface area contributed by atoms with Gasteiger partial charge in [-0.15, -0.1) is 0 Å². The normalized spacial score (nSPS) is 24.3. The lowest BCUT2D eigenvalue weighted by Gasteiger charge is -2.18. The number of benzene rings is 1. The van der Waals surface area contributed by atoms with Crippen LogP contribution in [0.25, 0.3) is 0 Å². The number of nitrogens with two attached hydrogens (primary N) is 1. The van der Waals surface area contributed by atoms with Crippen LogP contribution in [0.1, 0.15) is 37.2 Å². The highest BCUT2D eigenvalue weighted by atomic mass is 32.2. The molecule has 2 fully saturated rings. The molecule has 1 amide bonds. The van der Waals surface area contributed by atoms with E-state index >= 15 is 0 Å². The Labute approximate surface area is 156 Å². The summed E-state index contributed by atoms with van der Waals surface area (Å²) in [4.78, 5) is 14.4. The molecule has 2 aliphatic rings. The molecule has 2 saturated heterocycles. The second kappa shape index (κ2) is 8.50. The summed E-state index contributed by atoms with van der Waals surface area (Å²) in [6.45, 7) is 3.13. The molecule has 0 spiro atoms. The van der Waals surface area contributed by atoms with E-state index < -0.39 is 10.0 Å². The molecule has 1 aromatic carbocycles. The first-order chi connectivity index (χ1) is 12.5. The van der Waals surface area contributed by atoms with Crippen molar-refractivity contribution in [3.05, 3.63) is 35.9 Å². The highest BCUT2D eigenvalue weighted by Crippen LogP contribution is 2.32. The summed E-state index contributed by atoms with van der Waals surface area (Å²) >= 11 is 0. The van der Waals surface area contributed by atoms with Gasteiger partial charge in [-0.2, -0.15) is 0 Å². The third kappa shape index (κ3) is 4.45. The lowest BCUT2D eigenvalue weighted by Crippen LogP contribution is -2.32. The van der Waals surface area contributed by atoms with E-state index in [0.717, 1.165) is 12.8 Å². The summed E-state index contributed by atoms with van der Waals surface area (Å²) < 4.78 is 26.1. The fraction of sp³-hybridized carbons (Fsp3) is 0.632. The average molecular weight is 380 g/mol. The van der Waals surface area contributed by atoms with Crippen molar-refractivity contribution < 1.29 is 13.2 Å². The maximum absolute atomic E-state index is 12.6. The summed E-state index contributed by atoms with van der Waals surface area (Å²) in [5.74, 6) is 0.626. The van der Waals surface area contributed by atoms with E-state index in [2.05, 4.69) is 12.1 Å². The zero-order valence-corrected chi connectivity index (χ0v) is 16.0. The number of likely N-dealkylation sites (tertiary alicyclic amines) is 1. The van der Waals surface area contributed by atoms with Gasteiger partial charge in [0.2, 0.25) is 15.9 Å². The molecule has 6 nitrogen and oxygen atoms in total. The minimum absolute atomic E-state index is 0.0403. The average Bonchev–Trinajstić information content (AvgIpc) is 3.32. The van der Waals surface area contributed by atoms with E-state index in [1.165, 1.54) is 5.56 Å². The van der Waals surface area contributed by atoms with Gasteiger partial charge in [0.15, 0.2) is 0 Å². The highest BCUT2D eigenvalue weighted by Gasteiger charge is 2.35. The van der Waals surface area contributed by atoms with Gasteiger partial charge in [-0.05, 0) is 37.3 Å². The van der Waals surface area contributed by atoms with Crippen molar-refractivity contribution in [3.63, 3.8) is 0 Å². The van der Waals surface area contributed by atoms with Gasteiger partial charge in [0.1, 0.15) is 0 Å². The zero-order valence-electron chi connectivity index (χ0n) is 15.2. The van der Waals surface area contributed by atoms with Crippen LogP contribution in [-0.4, -0.2) is 62.0 Å². The lowest BCUT2D eigenvalue weighted by molar-refractivity contribution is -0.130. The van der Waals surface area contributed by atoms with Crippen molar-refractivity contribution in [1.29, 1.82) is 0 Å². The molecule has 0 unspecified atom stereocenters. The molecule has 0 aromatic heterocycles. The summed E-state index contributed by atoms with van der Waals surface area (Å²) in [6, 6.07) is 10.2. The Hall–Kier alpha value is -1.44. The maximum Gasteiger partial charge on any atom is 0.222 e. The van der Waals surface area contributed by atoms with Crippen LogP contribution in [0.3, 0.4) is 0 Å². The van der Waals surface area contributed by atoms with Crippen LogP contribution in [0.2, 0.25) is 0 Å². The van der Waals surface area contributed by atoms with Crippen LogP contribution in [0.4, 0.5) is 0 Å². The van der Waals surface area contributed by atoms with E-state index in [1.807, 2.05) is 23.1 Å². The predicted molar refractivity (Wildman–Crippen MR) is 102 cm³/mol. The van der Waals surface area contributed by atoms with Crippen molar-refractivity contribution in [2.45, 2.75) is 31.6 Å². The number of nitrogens with zero attached hydrogens (tertiary/aromatic N) is 2. The van der Waals surface area contributed by atoms with E-state index in [9.17, 15) is 13.2 Å². The van der Waals surface area contributed by atoms with Gasteiger partial charge in [0.05, 0.1) is 5.75 Å². The first kappa shape index (κ1) is 19.3. The summed E-state index contributed by atoms with van der Waals surface area (Å²) in [7, 11) is -3.21. The fourth-order valence-corrected chi connectivity index (χ4v) is 5.63. The Balaban J connectivity index is 1.52. The van der Waals surface area contributed by atoms with Gasteiger partial charge in [-0.1, -0.05) is 30.3 Å². The molecule has 0 aliphatic carbocycles. The Morgan fingerprint density at radius 1 is 1.12 bits per heavy atom. The van der Waals surface area contributed by atoms with Crippen LogP contribution >= 0.6 is 0 Å². The van der Waals surface area contributed by atoms with E-state index in [1.54, 1.807) is 4.31 Å². The van der Waals surface area contributed by atoms with Crippen molar-refractivity contribution >= 4 is 15.9 Å². The molecule has 1 aromatic rings. The Morgan fingerprint density at radius 2 is 1.81 bits per heavy atom. The van der Waals surface area contributed by atoms with Gasteiger partial charge >= 0.3 is 0 Å². The van der Waals surface area contributed by atoms with Crippen molar-refractivity contribution in [3.8, 4) is 0 Å². The number of rotatable bonds is 7. The number of hydrogen-bond donors (Lipinski definition) is 1. The molecular formula is C19H29N3O3S. The van der Waals surface area contributed by atoms with Crippen molar-refractivity contribution in [2.24, 2.45) is 11.7 Å². The molecule has 2 aliphatic heterocycles. The molecule has 2 heterocycles. The standard InChI is InChI=1S/C19H29N3O3S/c20-13-17-14-21(15-18(17)16-7-2-1-3-8-16)19(23)9-6-12-26(24,25)22-10-4-5-11-22/h1-3,7-8,17-18H,4-6,9-15,20H2/t17-,18+/m1/s1. The molecule has 3 rings (SSSR count). The number of carbonyl (C=O) groups excluding carboxylic acids is 1. The van der Waals surface area contributed by atoms with Gasteiger partial charge in [-0.25, -0.2) is 12.7 Å². The van der Waals surface area contributed by atoms with Crippen molar-refractivity contribution in [1.82, 2.24) is 9.21 Å². The molecule has 2 atom stereocenters. The van der Waals surface area contributed by atoms with E-state index in [4.69, 9.17) is 5.73 Å². The van der Waals surface area contributed by atoms with Gasteiger partial charge in [0, 0.05) is 38.5 Å². The second-order valence-electron chi connectivity index (χ2n) is 7.34. The number of amides is 1. The van der Waals surface area contributed by atoms with Gasteiger partial charge in [-0.3, -0.25) is 4.79 Å². The minimum Gasteiger partial charge on any atom is -0.342 e. The zero-order chi connectivity index (χ0) is 18.6. The van der Waals surface area contributed by atoms with Gasteiger partial charge < -0.3 is 10.6 Å². The monoisotopic (exact) mass is 379 g/mol. The van der Waals surface area contributed by atoms with Crippen LogP contribution in [0, 0.1) is 5.92 Å². The molecule has 7 heteroatoms. The Bertz CT molecular complexity index is 702. The molecule has 0 saturated carbocycles. The molecule has 2 N–H and O–H groups in total. The smallest absolute Gasteiger partial charge is 0.222 e. The van der Waals surface area contributed by atoms with E-state index in [-0.39, 0.29) is 29.9 Å². The van der Waals surface area contributed by atoms with Crippen LogP contribution < -0.4 is 5.73 Å². The quantitative estimate of drug-likeness (QED) is 0.776. The number of sulfonamides is 1. The first-order valence-corrected chi connectivity index (χ1v) is 11.1. The predicted octanol–water partition coefficient (Wildman–Crippen LogP) is 1.39. The van der Waals surface area contributed by atoms with Crippen LogP contribution in [0.5, 0.6) is 0 Å².